The molecule has 0 radical (unpaired) electrons. The van der Waals surface area contributed by atoms with Crippen LogP contribution in [0.25, 0.3) is 16.8 Å². The lowest BCUT2D eigenvalue weighted by Gasteiger charge is -2.13. The van der Waals surface area contributed by atoms with Gasteiger partial charge in [0.25, 0.3) is 0 Å². The largest absolute Gasteiger partial charge is 0.494 e. The van der Waals surface area contributed by atoms with Crippen molar-refractivity contribution in [1.29, 1.82) is 5.26 Å². The highest BCUT2D eigenvalue weighted by Crippen LogP contribution is 2.46. The number of nitrogens with one attached hydrogen (secondary N) is 1. The second kappa shape index (κ2) is 6.19. The lowest BCUT2D eigenvalue weighted by molar-refractivity contribution is 0.104. The van der Waals surface area contributed by atoms with E-state index in [-0.39, 0.29) is 17.2 Å². The minimum atomic E-state index is -0.366. The molecule has 0 saturated carbocycles. The van der Waals surface area contributed by atoms with Crippen molar-refractivity contribution < 1.29 is 9.90 Å². The number of H-pyrrole nitrogens is 1. The van der Waals surface area contributed by atoms with Crippen molar-refractivity contribution in [2.75, 3.05) is 19.0 Å². The SMILES string of the molecule is CN(C)c1ccc(C2=C(C#N)C(=O)c3c(-c4ccccc4)[nH]c(O)c32)cc1. The Balaban J connectivity index is 1.92. The molecule has 0 atom stereocenters. The topological polar surface area (TPSA) is 80.1 Å². The summed E-state index contributed by atoms with van der Waals surface area (Å²) in [5, 5.41) is 20.2. The number of aromatic amines is 1. The molecule has 1 heterocycles. The number of aromatic nitrogens is 1. The number of fused-ring (bicyclic) bond motifs is 1. The minimum absolute atomic E-state index is 0.0547. The van der Waals surface area contributed by atoms with Gasteiger partial charge in [-0.2, -0.15) is 5.26 Å². The number of anilines is 1. The molecular formula is C22H17N3O2. The fraction of sp³-hybridized carbons (Fsp3) is 0.0909. The highest BCUT2D eigenvalue weighted by Gasteiger charge is 2.37. The smallest absolute Gasteiger partial charge is 0.207 e. The molecule has 0 bridgehead atoms. The number of carbonyl (C=O) groups excluding carboxylic acids is 1. The Labute approximate surface area is 156 Å². The molecule has 1 aromatic heterocycles. The van der Waals surface area contributed by atoms with E-state index in [1.165, 1.54) is 0 Å². The van der Waals surface area contributed by atoms with Crippen LogP contribution in [0.4, 0.5) is 5.69 Å². The number of benzene rings is 2. The molecule has 1 aliphatic carbocycles. The van der Waals surface area contributed by atoms with Crippen LogP contribution < -0.4 is 4.90 Å². The van der Waals surface area contributed by atoms with E-state index in [4.69, 9.17) is 0 Å². The Bertz CT molecular complexity index is 1110. The van der Waals surface area contributed by atoms with Crippen LogP contribution >= 0.6 is 0 Å². The average molecular weight is 355 g/mol. The maximum atomic E-state index is 13.0. The van der Waals surface area contributed by atoms with E-state index in [9.17, 15) is 15.2 Å². The predicted molar refractivity (Wildman–Crippen MR) is 105 cm³/mol. The monoisotopic (exact) mass is 355 g/mol. The second-order valence-corrected chi connectivity index (χ2v) is 6.60. The molecule has 0 unspecified atom stereocenters. The number of allylic oxidation sites excluding steroid dienone is 1. The maximum Gasteiger partial charge on any atom is 0.207 e. The predicted octanol–water partition coefficient (Wildman–Crippen LogP) is 3.98. The van der Waals surface area contributed by atoms with Gasteiger partial charge in [0.05, 0.1) is 16.8 Å². The number of hydrogen-bond donors (Lipinski definition) is 2. The molecule has 132 valence electrons. The Morgan fingerprint density at radius 3 is 2.22 bits per heavy atom. The van der Waals surface area contributed by atoms with Crippen molar-refractivity contribution in [2.24, 2.45) is 0 Å². The summed E-state index contributed by atoms with van der Waals surface area (Å²) < 4.78 is 0. The molecule has 5 heteroatoms. The first-order chi connectivity index (χ1) is 13.0. The first-order valence-corrected chi connectivity index (χ1v) is 8.50. The summed E-state index contributed by atoms with van der Waals surface area (Å²) in [4.78, 5) is 17.9. The van der Waals surface area contributed by atoms with Gasteiger partial charge in [-0.15, -0.1) is 0 Å². The third-order valence-corrected chi connectivity index (χ3v) is 4.78. The van der Waals surface area contributed by atoms with Crippen LogP contribution in [-0.4, -0.2) is 30.0 Å². The van der Waals surface area contributed by atoms with Crippen molar-refractivity contribution in [2.45, 2.75) is 0 Å². The van der Waals surface area contributed by atoms with E-state index < -0.39 is 0 Å². The molecule has 5 nitrogen and oxygen atoms in total. The van der Waals surface area contributed by atoms with Crippen LogP contribution in [0.5, 0.6) is 5.88 Å². The number of hydrogen-bond acceptors (Lipinski definition) is 4. The number of nitrogens with zero attached hydrogens (tertiary/aromatic N) is 2. The number of Topliss-reactive ketones (excluding diaryl/α,β-unsaturated/α-hetero) is 1. The van der Waals surface area contributed by atoms with Crippen LogP contribution in [-0.2, 0) is 0 Å². The van der Waals surface area contributed by atoms with Gasteiger partial charge >= 0.3 is 0 Å². The standard InChI is InChI=1S/C22H17N3O2/c1-25(2)15-10-8-13(9-11-15)17-16(12-23)21(26)19-18(17)22(27)24-20(19)14-6-4-3-5-7-14/h3-11,24,27H,1-2H3. The normalized spacial score (nSPS) is 12.9. The summed E-state index contributed by atoms with van der Waals surface area (Å²) in [5.41, 5.74) is 4.31. The van der Waals surface area contributed by atoms with Gasteiger partial charge in [0.1, 0.15) is 11.6 Å². The Kier molecular flexibility index (Phi) is 3.82. The molecule has 0 fully saturated rings. The number of ketones is 1. The zero-order valence-electron chi connectivity index (χ0n) is 14.9. The molecular weight excluding hydrogens is 338 g/mol. The fourth-order valence-corrected chi connectivity index (χ4v) is 3.46. The van der Waals surface area contributed by atoms with Gasteiger partial charge in [-0.05, 0) is 23.3 Å². The molecule has 0 aliphatic heterocycles. The van der Waals surface area contributed by atoms with Crippen molar-refractivity contribution in [3.63, 3.8) is 0 Å². The molecule has 3 aromatic rings. The zero-order chi connectivity index (χ0) is 19.1. The number of carbonyl (C=O) groups is 1. The number of rotatable bonds is 3. The molecule has 0 saturated heterocycles. The van der Waals surface area contributed by atoms with E-state index >= 15 is 0 Å². The summed E-state index contributed by atoms with van der Waals surface area (Å²) in [7, 11) is 3.88. The third-order valence-electron chi connectivity index (χ3n) is 4.78. The lowest BCUT2D eigenvalue weighted by Crippen LogP contribution is -2.08. The van der Waals surface area contributed by atoms with E-state index in [1.54, 1.807) is 0 Å². The fourth-order valence-electron chi connectivity index (χ4n) is 3.46. The average Bonchev–Trinajstić information content (AvgIpc) is 3.18. The van der Waals surface area contributed by atoms with Gasteiger partial charge in [-0.3, -0.25) is 4.79 Å². The van der Waals surface area contributed by atoms with Crippen LogP contribution in [0.3, 0.4) is 0 Å². The molecule has 2 N–H and O–H groups in total. The molecule has 1 aliphatic rings. The quantitative estimate of drug-likeness (QED) is 0.745. The molecule has 0 amide bonds. The number of aromatic hydroxyl groups is 1. The lowest BCUT2D eigenvalue weighted by atomic mass is 9.98. The van der Waals surface area contributed by atoms with E-state index in [2.05, 4.69) is 4.98 Å². The summed E-state index contributed by atoms with van der Waals surface area (Å²) in [6.45, 7) is 0. The Morgan fingerprint density at radius 2 is 1.63 bits per heavy atom. The van der Waals surface area contributed by atoms with Gasteiger partial charge in [0, 0.05) is 25.4 Å². The third kappa shape index (κ3) is 2.51. The number of nitriles is 1. The van der Waals surface area contributed by atoms with Gasteiger partial charge in [-0.25, -0.2) is 0 Å². The Morgan fingerprint density at radius 1 is 0.963 bits per heavy atom. The first kappa shape index (κ1) is 16.7. The molecule has 4 rings (SSSR count). The summed E-state index contributed by atoms with van der Waals surface area (Å²) >= 11 is 0. The molecule has 0 spiro atoms. The highest BCUT2D eigenvalue weighted by molar-refractivity contribution is 6.28. The van der Waals surface area contributed by atoms with Gasteiger partial charge < -0.3 is 15.0 Å². The van der Waals surface area contributed by atoms with Gasteiger partial charge in [-0.1, -0.05) is 42.5 Å². The molecule has 27 heavy (non-hydrogen) atoms. The van der Waals surface area contributed by atoms with Gasteiger partial charge in [0.15, 0.2) is 5.88 Å². The van der Waals surface area contributed by atoms with Crippen molar-refractivity contribution in [3.8, 4) is 23.2 Å². The zero-order valence-corrected chi connectivity index (χ0v) is 14.9. The van der Waals surface area contributed by atoms with Crippen LogP contribution in [0, 0.1) is 11.3 Å². The van der Waals surface area contributed by atoms with E-state index in [0.717, 1.165) is 16.8 Å². The summed E-state index contributed by atoms with van der Waals surface area (Å²) in [6, 6.07) is 18.9. The van der Waals surface area contributed by atoms with Crippen LogP contribution in [0.2, 0.25) is 0 Å². The van der Waals surface area contributed by atoms with Crippen LogP contribution in [0.15, 0.2) is 60.2 Å². The Hall–Kier alpha value is -3.78. The van der Waals surface area contributed by atoms with E-state index in [1.807, 2.05) is 79.7 Å². The highest BCUT2D eigenvalue weighted by atomic mass is 16.3. The summed E-state index contributed by atoms with van der Waals surface area (Å²) in [5.74, 6) is -0.469. The minimum Gasteiger partial charge on any atom is -0.494 e. The van der Waals surface area contributed by atoms with Crippen molar-refractivity contribution in [3.05, 3.63) is 76.9 Å². The molecule has 2 aromatic carbocycles. The van der Waals surface area contributed by atoms with E-state index in [0.29, 0.717) is 22.4 Å². The van der Waals surface area contributed by atoms with Crippen LogP contribution in [0.1, 0.15) is 21.5 Å². The van der Waals surface area contributed by atoms with Crippen molar-refractivity contribution in [1.82, 2.24) is 4.98 Å². The second-order valence-electron chi connectivity index (χ2n) is 6.60. The van der Waals surface area contributed by atoms with Gasteiger partial charge in [0.2, 0.25) is 5.78 Å². The maximum absolute atomic E-state index is 13.0. The first-order valence-electron chi connectivity index (χ1n) is 8.50. The summed E-state index contributed by atoms with van der Waals surface area (Å²) in [6.07, 6.45) is 0. The van der Waals surface area contributed by atoms with Crippen molar-refractivity contribution >= 4 is 17.0 Å².